The molecule has 0 N–H and O–H groups in total. The van der Waals surface area contributed by atoms with Crippen molar-refractivity contribution in [3.63, 3.8) is 0 Å². The summed E-state index contributed by atoms with van der Waals surface area (Å²) in [5, 5.41) is 4.98. The molecule has 0 spiro atoms. The number of para-hydroxylation sites is 2. The molecule has 2 nitrogen and oxygen atoms in total. The second-order valence-corrected chi connectivity index (χ2v) is 16.2. The topological polar surface area (TPSA) is 9.86 Å². The van der Waals surface area contributed by atoms with E-state index >= 15 is 0 Å². The number of fused-ring (bicyclic) bond motifs is 6. The van der Waals surface area contributed by atoms with Crippen molar-refractivity contribution in [2.75, 3.05) is 0 Å². The first-order valence-electron chi connectivity index (χ1n) is 21.3. The van der Waals surface area contributed by atoms with Gasteiger partial charge >= 0.3 is 0 Å². The van der Waals surface area contributed by atoms with E-state index in [4.69, 9.17) is 0 Å². The molecule has 0 saturated carbocycles. The van der Waals surface area contributed by atoms with Crippen LogP contribution in [0.2, 0.25) is 0 Å². The Labute approximate surface area is 360 Å². The highest BCUT2D eigenvalue weighted by molar-refractivity contribution is 6.12. The van der Waals surface area contributed by atoms with E-state index in [0.717, 1.165) is 11.4 Å². The van der Waals surface area contributed by atoms with Crippen molar-refractivity contribution in [3.05, 3.63) is 243 Å². The van der Waals surface area contributed by atoms with Gasteiger partial charge in [0.25, 0.3) is 0 Å². The number of nitrogens with zero attached hydrogens (tertiary/aromatic N) is 2. The molecule has 12 aromatic rings. The van der Waals surface area contributed by atoms with Gasteiger partial charge in [-0.3, -0.25) is 0 Å². The monoisotopic (exact) mass is 788 g/mol. The summed E-state index contributed by atoms with van der Waals surface area (Å²) in [7, 11) is 0. The fraction of sp³-hybridized carbons (Fsp3) is 0. The molecule has 0 saturated heterocycles. The van der Waals surface area contributed by atoms with Crippen LogP contribution in [0.15, 0.2) is 243 Å². The van der Waals surface area contributed by atoms with Crippen LogP contribution in [-0.2, 0) is 0 Å². The van der Waals surface area contributed by atoms with Gasteiger partial charge in [-0.05, 0) is 122 Å². The van der Waals surface area contributed by atoms with E-state index in [2.05, 4.69) is 252 Å². The third-order valence-electron chi connectivity index (χ3n) is 12.5. The molecule has 0 atom stereocenters. The van der Waals surface area contributed by atoms with Gasteiger partial charge in [-0.2, -0.15) is 0 Å². The lowest BCUT2D eigenvalue weighted by Gasteiger charge is -2.12. The van der Waals surface area contributed by atoms with Crippen molar-refractivity contribution in [2.24, 2.45) is 0 Å². The maximum Gasteiger partial charge on any atom is 0.0541 e. The first-order chi connectivity index (χ1) is 30.7. The zero-order chi connectivity index (χ0) is 41.0. The van der Waals surface area contributed by atoms with Gasteiger partial charge in [-0.1, -0.05) is 176 Å². The average molecular weight is 789 g/mol. The highest BCUT2D eigenvalue weighted by Gasteiger charge is 2.17. The first kappa shape index (κ1) is 35.7. The third kappa shape index (κ3) is 6.12. The molecule has 62 heavy (non-hydrogen) atoms. The molecule has 0 fully saturated rings. The van der Waals surface area contributed by atoms with Crippen LogP contribution in [0.5, 0.6) is 0 Å². The van der Waals surface area contributed by atoms with Crippen molar-refractivity contribution in [1.29, 1.82) is 0 Å². The van der Waals surface area contributed by atoms with Crippen molar-refractivity contribution >= 4 is 43.6 Å². The Balaban J connectivity index is 0.908. The summed E-state index contributed by atoms with van der Waals surface area (Å²) in [5.41, 5.74) is 19.2. The van der Waals surface area contributed by atoms with Crippen LogP contribution in [0.25, 0.3) is 111 Å². The van der Waals surface area contributed by atoms with Gasteiger partial charge in [0.2, 0.25) is 0 Å². The molecule has 0 aliphatic carbocycles. The predicted octanol–water partition coefficient (Wildman–Crippen LogP) is 16.2. The van der Waals surface area contributed by atoms with Crippen LogP contribution in [-0.4, -0.2) is 9.13 Å². The van der Waals surface area contributed by atoms with Crippen molar-refractivity contribution < 1.29 is 0 Å². The average Bonchev–Trinajstić information content (AvgIpc) is 3.87. The Morgan fingerprint density at radius 3 is 1.06 bits per heavy atom. The van der Waals surface area contributed by atoms with E-state index in [1.165, 1.54) is 99.2 Å². The molecule has 0 unspecified atom stereocenters. The highest BCUT2D eigenvalue weighted by atomic mass is 15.0. The summed E-state index contributed by atoms with van der Waals surface area (Å²) < 4.78 is 4.82. The van der Waals surface area contributed by atoms with Gasteiger partial charge in [0.05, 0.1) is 22.1 Å². The number of hydrogen-bond donors (Lipinski definition) is 0. The molecule has 0 bridgehead atoms. The van der Waals surface area contributed by atoms with Crippen molar-refractivity contribution in [3.8, 4) is 67.0 Å². The lowest BCUT2D eigenvalue weighted by Crippen LogP contribution is -1.94. The summed E-state index contributed by atoms with van der Waals surface area (Å²) in [6, 6.07) is 88.3. The van der Waals surface area contributed by atoms with Gasteiger partial charge in [-0.25, -0.2) is 0 Å². The Kier molecular flexibility index (Phi) is 8.53. The van der Waals surface area contributed by atoms with E-state index in [0.29, 0.717) is 0 Å². The minimum Gasteiger partial charge on any atom is -0.309 e. The summed E-state index contributed by atoms with van der Waals surface area (Å²) in [4.78, 5) is 0. The molecule has 290 valence electrons. The third-order valence-corrected chi connectivity index (χ3v) is 12.5. The molecule has 10 aromatic carbocycles. The van der Waals surface area contributed by atoms with Gasteiger partial charge in [0.15, 0.2) is 0 Å². The smallest absolute Gasteiger partial charge is 0.0541 e. The highest BCUT2D eigenvalue weighted by Crippen LogP contribution is 2.39. The minimum atomic E-state index is 1.15. The fourth-order valence-corrected chi connectivity index (χ4v) is 9.48. The first-order valence-corrected chi connectivity index (χ1v) is 21.3. The second-order valence-electron chi connectivity index (χ2n) is 16.2. The molecule has 0 amide bonds. The van der Waals surface area contributed by atoms with E-state index in [1.807, 2.05) is 0 Å². The van der Waals surface area contributed by atoms with Crippen molar-refractivity contribution in [1.82, 2.24) is 9.13 Å². The minimum absolute atomic E-state index is 1.15. The van der Waals surface area contributed by atoms with E-state index in [9.17, 15) is 0 Å². The van der Waals surface area contributed by atoms with Crippen LogP contribution >= 0.6 is 0 Å². The number of benzene rings is 10. The Bertz CT molecular complexity index is 3590. The fourth-order valence-electron chi connectivity index (χ4n) is 9.48. The van der Waals surface area contributed by atoms with Crippen molar-refractivity contribution in [2.45, 2.75) is 0 Å². The number of aromatic nitrogens is 2. The second kappa shape index (κ2) is 14.8. The van der Waals surface area contributed by atoms with Crippen LogP contribution < -0.4 is 0 Å². The largest absolute Gasteiger partial charge is 0.309 e. The van der Waals surface area contributed by atoms with E-state index in [1.54, 1.807) is 0 Å². The molecule has 0 radical (unpaired) electrons. The molecular formula is C60H40N2. The maximum atomic E-state index is 2.42. The normalized spacial score (nSPS) is 11.5. The Hall–Kier alpha value is -8.20. The SMILES string of the molecule is c1ccc(-c2ccc(-c3cccc(-n4c5ccccc5c5cc(-c6ccc7c(c6)c6ccccc6n7-c6ccc(-c7cccc(-c8ccccc8)c7)cc6)ccc54)c3)cc2)cc1. The van der Waals surface area contributed by atoms with Gasteiger partial charge in [0, 0.05) is 32.9 Å². The van der Waals surface area contributed by atoms with E-state index in [-0.39, 0.29) is 0 Å². The summed E-state index contributed by atoms with van der Waals surface area (Å²) in [6.45, 7) is 0. The Morgan fingerprint density at radius 2 is 0.516 bits per heavy atom. The maximum absolute atomic E-state index is 2.42. The van der Waals surface area contributed by atoms with Crippen LogP contribution in [0, 0.1) is 0 Å². The van der Waals surface area contributed by atoms with E-state index < -0.39 is 0 Å². The summed E-state index contributed by atoms with van der Waals surface area (Å²) in [5.74, 6) is 0. The van der Waals surface area contributed by atoms with Crippen LogP contribution in [0.1, 0.15) is 0 Å². The molecular weight excluding hydrogens is 749 g/mol. The number of rotatable bonds is 7. The van der Waals surface area contributed by atoms with Gasteiger partial charge in [0.1, 0.15) is 0 Å². The molecule has 12 rings (SSSR count). The quantitative estimate of drug-likeness (QED) is 0.152. The standard InChI is InChI=1S/C60H40N2/c1-3-13-41(14-4-1)43-25-27-44(28-26-43)48-19-12-20-52(38-48)62-58-24-10-8-22-54(58)56-40-50(32-36-60(56)62)49-31-35-59-55(39-49)53-21-7-9-23-57(53)61(59)51-33-29-45(30-34-51)47-18-11-17-46(37-47)42-15-5-2-6-16-42/h1-40H. The van der Waals surface area contributed by atoms with Gasteiger partial charge < -0.3 is 9.13 Å². The molecule has 2 heterocycles. The number of hydrogen-bond acceptors (Lipinski definition) is 0. The van der Waals surface area contributed by atoms with Gasteiger partial charge in [-0.15, -0.1) is 0 Å². The zero-order valence-corrected chi connectivity index (χ0v) is 34.0. The predicted molar refractivity (Wildman–Crippen MR) is 262 cm³/mol. The Morgan fingerprint density at radius 1 is 0.177 bits per heavy atom. The lowest BCUT2D eigenvalue weighted by molar-refractivity contribution is 1.18. The zero-order valence-electron chi connectivity index (χ0n) is 34.0. The molecule has 0 aliphatic heterocycles. The molecule has 2 aromatic heterocycles. The summed E-state index contributed by atoms with van der Waals surface area (Å²) in [6.07, 6.45) is 0. The molecule has 2 heteroatoms. The van der Waals surface area contributed by atoms with Crippen LogP contribution in [0.4, 0.5) is 0 Å². The lowest BCUT2D eigenvalue weighted by atomic mass is 9.99. The van der Waals surface area contributed by atoms with Crippen LogP contribution in [0.3, 0.4) is 0 Å². The summed E-state index contributed by atoms with van der Waals surface area (Å²) >= 11 is 0. The molecule has 0 aliphatic rings.